The Kier molecular flexibility index (Phi) is 3.06. The Morgan fingerprint density at radius 1 is 1.32 bits per heavy atom. The highest BCUT2D eigenvalue weighted by Crippen LogP contribution is 2.25. The molecule has 3 rings (SSSR count). The Bertz CT molecular complexity index is 647. The van der Waals surface area contributed by atoms with Crippen molar-refractivity contribution in [2.75, 3.05) is 5.32 Å². The van der Waals surface area contributed by atoms with Crippen LogP contribution in [-0.4, -0.2) is 22.2 Å². The summed E-state index contributed by atoms with van der Waals surface area (Å²) in [6.45, 7) is 0. The number of benzene rings is 1. The smallest absolute Gasteiger partial charge is 0.128 e. The van der Waals surface area contributed by atoms with E-state index in [0.29, 0.717) is 11.4 Å². The third-order valence-corrected chi connectivity index (χ3v) is 3.65. The van der Waals surface area contributed by atoms with Crippen LogP contribution in [0.2, 0.25) is 0 Å². The van der Waals surface area contributed by atoms with Crippen LogP contribution in [0.25, 0.3) is 10.9 Å². The number of para-hydroxylation sites is 1. The van der Waals surface area contributed by atoms with Crippen molar-refractivity contribution in [1.82, 2.24) is 4.98 Å². The Balaban J connectivity index is 1.98. The van der Waals surface area contributed by atoms with E-state index in [0.717, 1.165) is 30.2 Å². The lowest BCUT2D eigenvalue weighted by Gasteiger charge is -2.17. The first-order valence-electron chi connectivity index (χ1n) is 6.52. The van der Waals surface area contributed by atoms with Crippen LogP contribution in [0.5, 0.6) is 0 Å². The molecule has 0 radical (unpaired) electrons. The molecule has 0 aliphatic heterocycles. The molecule has 0 bridgehead atoms. The molecule has 1 aliphatic carbocycles. The molecule has 1 aliphatic rings. The number of nitrogens with one attached hydrogen (secondary N) is 1. The van der Waals surface area contributed by atoms with Gasteiger partial charge in [-0.15, -0.1) is 0 Å². The number of rotatable bonds is 2. The molecule has 1 aromatic carbocycles. The van der Waals surface area contributed by atoms with Crippen LogP contribution in [0, 0.1) is 11.3 Å². The van der Waals surface area contributed by atoms with E-state index in [9.17, 15) is 10.4 Å². The second kappa shape index (κ2) is 4.87. The lowest BCUT2D eigenvalue weighted by molar-refractivity contribution is 0.171. The monoisotopic (exact) mass is 253 g/mol. The van der Waals surface area contributed by atoms with Crippen LogP contribution in [0.15, 0.2) is 30.3 Å². The number of hydrogen-bond acceptors (Lipinski definition) is 4. The Hall–Kier alpha value is -2.12. The molecule has 0 spiro atoms. The van der Waals surface area contributed by atoms with Gasteiger partial charge in [0.1, 0.15) is 5.82 Å². The Labute approximate surface area is 111 Å². The third kappa shape index (κ3) is 2.25. The number of anilines is 1. The van der Waals surface area contributed by atoms with Gasteiger partial charge < -0.3 is 10.4 Å². The van der Waals surface area contributed by atoms with Gasteiger partial charge in [-0.1, -0.05) is 18.2 Å². The Morgan fingerprint density at radius 3 is 2.89 bits per heavy atom. The number of aromatic nitrogens is 1. The largest absolute Gasteiger partial charge is 0.391 e. The zero-order valence-corrected chi connectivity index (χ0v) is 10.5. The topological polar surface area (TPSA) is 68.9 Å². The van der Waals surface area contributed by atoms with E-state index in [-0.39, 0.29) is 12.1 Å². The normalized spacial score (nSPS) is 22.3. The maximum absolute atomic E-state index is 9.83. The summed E-state index contributed by atoms with van der Waals surface area (Å²) in [6, 6.07) is 11.6. The maximum Gasteiger partial charge on any atom is 0.128 e. The zero-order chi connectivity index (χ0) is 13.2. The summed E-state index contributed by atoms with van der Waals surface area (Å²) >= 11 is 0. The molecule has 1 aromatic heterocycles. The molecule has 1 saturated carbocycles. The number of fused-ring (bicyclic) bond motifs is 1. The molecule has 2 atom stereocenters. The lowest BCUT2D eigenvalue weighted by atomic mass is 10.1. The van der Waals surface area contributed by atoms with E-state index in [1.807, 2.05) is 24.3 Å². The van der Waals surface area contributed by atoms with Crippen LogP contribution >= 0.6 is 0 Å². The Morgan fingerprint density at radius 2 is 2.16 bits per heavy atom. The lowest BCUT2D eigenvalue weighted by Crippen LogP contribution is -2.28. The van der Waals surface area contributed by atoms with Crippen molar-refractivity contribution < 1.29 is 5.11 Å². The first-order valence-corrected chi connectivity index (χ1v) is 6.52. The van der Waals surface area contributed by atoms with Crippen molar-refractivity contribution >= 4 is 16.7 Å². The van der Waals surface area contributed by atoms with Gasteiger partial charge in [-0.25, -0.2) is 4.98 Å². The van der Waals surface area contributed by atoms with E-state index in [2.05, 4.69) is 16.4 Å². The van der Waals surface area contributed by atoms with Crippen molar-refractivity contribution in [2.24, 2.45) is 0 Å². The molecule has 2 unspecified atom stereocenters. The van der Waals surface area contributed by atoms with Crippen molar-refractivity contribution in [3.05, 3.63) is 35.9 Å². The number of hydrogen-bond donors (Lipinski definition) is 2. The van der Waals surface area contributed by atoms with Gasteiger partial charge in [-0.2, -0.15) is 5.26 Å². The second-order valence-electron chi connectivity index (χ2n) is 4.93. The molecule has 4 nitrogen and oxygen atoms in total. The summed E-state index contributed by atoms with van der Waals surface area (Å²) in [4.78, 5) is 4.51. The molecule has 19 heavy (non-hydrogen) atoms. The number of aliphatic hydroxyl groups is 1. The predicted octanol–water partition coefficient (Wildman–Crippen LogP) is 2.43. The van der Waals surface area contributed by atoms with Crippen LogP contribution in [0.3, 0.4) is 0 Å². The third-order valence-electron chi connectivity index (χ3n) is 3.65. The number of pyridine rings is 1. The fourth-order valence-electron chi connectivity index (χ4n) is 2.64. The summed E-state index contributed by atoms with van der Waals surface area (Å²) in [5.41, 5.74) is 1.41. The minimum absolute atomic E-state index is 0.0419. The summed E-state index contributed by atoms with van der Waals surface area (Å²) < 4.78 is 0. The summed E-state index contributed by atoms with van der Waals surface area (Å²) in [7, 11) is 0. The average molecular weight is 253 g/mol. The molecule has 96 valence electrons. The maximum atomic E-state index is 9.83. The zero-order valence-electron chi connectivity index (χ0n) is 10.5. The molecule has 1 heterocycles. The van der Waals surface area contributed by atoms with Crippen LogP contribution in [-0.2, 0) is 0 Å². The number of aliphatic hydroxyl groups excluding tert-OH is 1. The van der Waals surface area contributed by atoms with E-state index >= 15 is 0 Å². The quantitative estimate of drug-likeness (QED) is 0.862. The van der Waals surface area contributed by atoms with Gasteiger partial charge in [-0.05, 0) is 31.4 Å². The molecular weight excluding hydrogens is 238 g/mol. The first-order chi connectivity index (χ1) is 9.28. The van der Waals surface area contributed by atoms with Gasteiger partial charge >= 0.3 is 0 Å². The minimum Gasteiger partial charge on any atom is -0.391 e. The van der Waals surface area contributed by atoms with Crippen molar-refractivity contribution in [2.45, 2.75) is 31.4 Å². The summed E-state index contributed by atoms with van der Waals surface area (Å²) in [5, 5.41) is 23.2. The van der Waals surface area contributed by atoms with Crippen molar-refractivity contribution in [3.63, 3.8) is 0 Å². The van der Waals surface area contributed by atoms with Gasteiger partial charge in [0.05, 0.1) is 29.3 Å². The van der Waals surface area contributed by atoms with Gasteiger partial charge in [0, 0.05) is 5.39 Å². The molecule has 0 amide bonds. The average Bonchev–Trinajstić information content (AvgIpc) is 2.83. The first kappa shape index (κ1) is 11.9. The molecule has 0 saturated heterocycles. The number of nitrogens with zero attached hydrogens (tertiary/aromatic N) is 2. The molecular formula is C15H15N3O. The van der Waals surface area contributed by atoms with Crippen LogP contribution in [0.4, 0.5) is 5.82 Å². The van der Waals surface area contributed by atoms with Crippen molar-refractivity contribution in [3.8, 4) is 6.07 Å². The molecule has 4 heteroatoms. The number of nitriles is 1. The van der Waals surface area contributed by atoms with Gasteiger partial charge in [0.2, 0.25) is 0 Å². The molecule has 2 N–H and O–H groups in total. The van der Waals surface area contributed by atoms with E-state index < -0.39 is 0 Å². The predicted molar refractivity (Wildman–Crippen MR) is 73.7 cm³/mol. The van der Waals surface area contributed by atoms with Gasteiger partial charge in [0.25, 0.3) is 0 Å². The summed E-state index contributed by atoms with van der Waals surface area (Å²) in [6.07, 6.45) is 2.48. The highest BCUT2D eigenvalue weighted by atomic mass is 16.3. The SMILES string of the molecule is N#Cc1cc(NC2CCCC2O)nc2ccccc12. The van der Waals surface area contributed by atoms with Crippen LogP contribution < -0.4 is 5.32 Å². The highest BCUT2D eigenvalue weighted by molar-refractivity contribution is 5.86. The van der Waals surface area contributed by atoms with Crippen LogP contribution in [0.1, 0.15) is 24.8 Å². The fraction of sp³-hybridized carbons (Fsp3) is 0.333. The minimum atomic E-state index is -0.321. The summed E-state index contributed by atoms with van der Waals surface area (Å²) in [5.74, 6) is 0.668. The standard InChI is InChI=1S/C15H15N3O/c16-9-10-8-15(18-13-6-3-7-14(13)19)17-12-5-2-1-4-11(10)12/h1-2,4-5,8,13-14,19H,3,6-7H2,(H,17,18). The van der Waals surface area contributed by atoms with E-state index in [1.165, 1.54) is 0 Å². The van der Waals surface area contributed by atoms with E-state index in [1.54, 1.807) is 6.07 Å². The second-order valence-corrected chi connectivity index (χ2v) is 4.93. The van der Waals surface area contributed by atoms with E-state index in [4.69, 9.17) is 0 Å². The highest BCUT2D eigenvalue weighted by Gasteiger charge is 2.25. The fourth-order valence-corrected chi connectivity index (χ4v) is 2.64. The van der Waals surface area contributed by atoms with Gasteiger partial charge in [-0.3, -0.25) is 0 Å². The van der Waals surface area contributed by atoms with Crippen molar-refractivity contribution in [1.29, 1.82) is 5.26 Å². The molecule has 2 aromatic rings. The van der Waals surface area contributed by atoms with Gasteiger partial charge in [0.15, 0.2) is 0 Å². The molecule has 1 fully saturated rings.